The molecule has 2 aliphatic rings. The van der Waals surface area contributed by atoms with Crippen LogP contribution in [-0.4, -0.2) is 12.1 Å². The van der Waals surface area contributed by atoms with Gasteiger partial charge in [0.25, 0.3) is 0 Å². The van der Waals surface area contributed by atoms with Gasteiger partial charge in [0, 0.05) is 12.1 Å². The van der Waals surface area contributed by atoms with Crippen molar-refractivity contribution in [2.24, 2.45) is 11.8 Å². The van der Waals surface area contributed by atoms with E-state index in [1.165, 1.54) is 57.8 Å². The number of rotatable bonds is 3. The molecule has 94 valence electrons. The Kier molecular flexibility index (Phi) is 4.69. The minimum absolute atomic E-state index is 0.825. The molecule has 0 aromatic rings. The van der Waals surface area contributed by atoms with E-state index in [-0.39, 0.29) is 0 Å². The molecule has 0 bridgehead atoms. The summed E-state index contributed by atoms with van der Waals surface area (Å²) in [4.78, 5) is 0. The Morgan fingerprint density at radius 1 is 0.875 bits per heavy atom. The van der Waals surface area contributed by atoms with E-state index in [0.717, 1.165) is 23.9 Å². The first-order chi connectivity index (χ1) is 7.81. The molecule has 0 radical (unpaired) electrons. The predicted molar refractivity (Wildman–Crippen MR) is 70.6 cm³/mol. The van der Waals surface area contributed by atoms with E-state index in [2.05, 4.69) is 19.2 Å². The van der Waals surface area contributed by atoms with Crippen molar-refractivity contribution in [3.8, 4) is 0 Å². The van der Waals surface area contributed by atoms with Crippen molar-refractivity contribution in [2.75, 3.05) is 0 Å². The first kappa shape index (κ1) is 12.4. The molecule has 16 heavy (non-hydrogen) atoms. The molecule has 4 atom stereocenters. The molecule has 0 heterocycles. The van der Waals surface area contributed by atoms with E-state index in [1.54, 1.807) is 0 Å². The Morgan fingerprint density at radius 3 is 2.19 bits per heavy atom. The second-order valence-electron chi connectivity index (χ2n) is 6.09. The minimum Gasteiger partial charge on any atom is -0.311 e. The molecule has 1 N–H and O–H groups in total. The van der Waals surface area contributed by atoms with Gasteiger partial charge in [-0.15, -0.1) is 0 Å². The highest BCUT2D eigenvalue weighted by Crippen LogP contribution is 2.30. The van der Waals surface area contributed by atoms with Crippen molar-refractivity contribution >= 4 is 0 Å². The lowest BCUT2D eigenvalue weighted by molar-refractivity contribution is 0.189. The largest absolute Gasteiger partial charge is 0.311 e. The third kappa shape index (κ3) is 3.00. The molecule has 2 aliphatic carbocycles. The van der Waals surface area contributed by atoms with Gasteiger partial charge in [-0.1, -0.05) is 46.0 Å². The van der Waals surface area contributed by atoms with E-state index in [1.807, 2.05) is 0 Å². The van der Waals surface area contributed by atoms with Crippen LogP contribution in [0.15, 0.2) is 0 Å². The van der Waals surface area contributed by atoms with Crippen LogP contribution in [0.5, 0.6) is 0 Å². The minimum atomic E-state index is 0.825. The average Bonchev–Trinajstić information content (AvgIpc) is 2.33. The Hall–Kier alpha value is -0.0400. The third-order valence-electron chi connectivity index (χ3n) is 4.97. The van der Waals surface area contributed by atoms with Crippen molar-refractivity contribution in [3.05, 3.63) is 0 Å². The fourth-order valence-electron chi connectivity index (χ4n) is 3.75. The summed E-state index contributed by atoms with van der Waals surface area (Å²) < 4.78 is 0. The van der Waals surface area contributed by atoms with E-state index < -0.39 is 0 Å². The smallest absolute Gasteiger partial charge is 0.00979 e. The van der Waals surface area contributed by atoms with E-state index in [4.69, 9.17) is 0 Å². The van der Waals surface area contributed by atoms with Crippen LogP contribution in [0.2, 0.25) is 0 Å². The van der Waals surface area contributed by atoms with Crippen LogP contribution in [-0.2, 0) is 0 Å². The van der Waals surface area contributed by atoms with E-state index >= 15 is 0 Å². The van der Waals surface area contributed by atoms with Crippen molar-refractivity contribution in [1.29, 1.82) is 0 Å². The zero-order chi connectivity index (χ0) is 11.4. The van der Waals surface area contributed by atoms with Crippen LogP contribution in [0.4, 0.5) is 0 Å². The molecule has 0 amide bonds. The lowest BCUT2D eigenvalue weighted by Gasteiger charge is -2.38. The van der Waals surface area contributed by atoms with Crippen molar-refractivity contribution < 1.29 is 0 Å². The topological polar surface area (TPSA) is 12.0 Å². The summed E-state index contributed by atoms with van der Waals surface area (Å²) >= 11 is 0. The first-order valence-electron chi connectivity index (χ1n) is 7.57. The van der Waals surface area contributed by atoms with Crippen LogP contribution in [0.3, 0.4) is 0 Å². The number of hydrogen-bond donors (Lipinski definition) is 1. The molecule has 1 heteroatoms. The van der Waals surface area contributed by atoms with Gasteiger partial charge in [0.1, 0.15) is 0 Å². The average molecular weight is 223 g/mol. The highest BCUT2D eigenvalue weighted by atomic mass is 15.0. The predicted octanol–water partition coefficient (Wildman–Crippen LogP) is 4.12. The molecule has 4 unspecified atom stereocenters. The van der Waals surface area contributed by atoms with Gasteiger partial charge < -0.3 is 5.32 Å². The van der Waals surface area contributed by atoms with Crippen molar-refractivity contribution in [1.82, 2.24) is 5.32 Å². The second kappa shape index (κ2) is 6.05. The van der Waals surface area contributed by atoms with Crippen LogP contribution < -0.4 is 5.32 Å². The van der Waals surface area contributed by atoms with Crippen LogP contribution >= 0.6 is 0 Å². The molecule has 2 saturated carbocycles. The highest BCUT2D eigenvalue weighted by molar-refractivity contribution is 4.86. The van der Waals surface area contributed by atoms with Crippen LogP contribution in [0, 0.1) is 11.8 Å². The van der Waals surface area contributed by atoms with Gasteiger partial charge in [-0.2, -0.15) is 0 Å². The molecule has 0 saturated heterocycles. The van der Waals surface area contributed by atoms with E-state index in [0.29, 0.717) is 0 Å². The summed E-state index contributed by atoms with van der Waals surface area (Å²) in [6.45, 7) is 4.82. The lowest BCUT2D eigenvalue weighted by Crippen LogP contribution is -2.47. The molecule has 0 aromatic carbocycles. The van der Waals surface area contributed by atoms with Gasteiger partial charge in [0.15, 0.2) is 0 Å². The Balaban J connectivity index is 1.86. The molecule has 2 fully saturated rings. The Labute approximate surface area is 101 Å². The molecule has 0 spiro atoms. The zero-order valence-electron chi connectivity index (χ0n) is 11.2. The summed E-state index contributed by atoms with van der Waals surface area (Å²) in [5.41, 5.74) is 0. The molecular weight excluding hydrogens is 194 g/mol. The maximum Gasteiger partial charge on any atom is 0.00979 e. The molecule has 0 aliphatic heterocycles. The van der Waals surface area contributed by atoms with E-state index in [9.17, 15) is 0 Å². The summed E-state index contributed by atoms with van der Waals surface area (Å²) in [6.07, 6.45) is 13.0. The fraction of sp³-hybridized carbons (Fsp3) is 1.00. The Bertz CT molecular complexity index is 202. The van der Waals surface area contributed by atoms with Gasteiger partial charge in [-0.3, -0.25) is 0 Å². The van der Waals surface area contributed by atoms with Crippen molar-refractivity contribution in [2.45, 2.75) is 83.7 Å². The van der Waals surface area contributed by atoms with Gasteiger partial charge in [-0.25, -0.2) is 0 Å². The Morgan fingerprint density at radius 2 is 1.50 bits per heavy atom. The molecular formula is C15H29N. The monoisotopic (exact) mass is 223 g/mol. The maximum atomic E-state index is 4.01. The highest BCUT2D eigenvalue weighted by Gasteiger charge is 2.28. The quantitative estimate of drug-likeness (QED) is 0.759. The van der Waals surface area contributed by atoms with Crippen LogP contribution in [0.25, 0.3) is 0 Å². The zero-order valence-corrected chi connectivity index (χ0v) is 11.2. The third-order valence-corrected chi connectivity index (χ3v) is 4.97. The van der Waals surface area contributed by atoms with Crippen molar-refractivity contribution in [3.63, 3.8) is 0 Å². The number of nitrogens with one attached hydrogen (secondary N) is 1. The first-order valence-corrected chi connectivity index (χ1v) is 7.57. The summed E-state index contributed by atoms with van der Waals surface area (Å²) in [5.74, 6) is 1.87. The van der Waals surface area contributed by atoms with Crippen LogP contribution in [0.1, 0.15) is 71.6 Å². The normalized spacial score (nSPS) is 40.9. The molecule has 0 aromatic heterocycles. The molecule has 1 nitrogen and oxygen atoms in total. The fourth-order valence-corrected chi connectivity index (χ4v) is 3.75. The second-order valence-corrected chi connectivity index (χ2v) is 6.09. The lowest BCUT2D eigenvalue weighted by atomic mass is 9.80. The summed E-state index contributed by atoms with van der Waals surface area (Å²) in [6, 6.07) is 1.66. The number of hydrogen-bond acceptors (Lipinski definition) is 1. The van der Waals surface area contributed by atoms with Gasteiger partial charge >= 0.3 is 0 Å². The summed E-state index contributed by atoms with van der Waals surface area (Å²) in [5, 5.41) is 4.01. The van der Waals surface area contributed by atoms with Gasteiger partial charge in [0.2, 0.25) is 0 Å². The van der Waals surface area contributed by atoms with Gasteiger partial charge in [0.05, 0.1) is 0 Å². The maximum absolute atomic E-state index is 4.01. The van der Waals surface area contributed by atoms with Gasteiger partial charge in [-0.05, 0) is 37.5 Å². The standard InChI is InChI=1S/C15H29N/c1-3-13-9-5-7-11-15(13)16-14-10-6-4-8-12(14)2/h12-16H,3-11H2,1-2H3. The SMILES string of the molecule is CCC1CCCCC1NC1CCCCC1C. The summed E-state index contributed by atoms with van der Waals surface area (Å²) in [7, 11) is 0. The molecule has 2 rings (SSSR count).